The van der Waals surface area contributed by atoms with Crippen molar-refractivity contribution in [2.24, 2.45) is 7.05 Å². The summed E-state index contributed by atoms with van der Waals surface area (Å²) in [4.78, 5) is 0. The molecule has 0 aliphatic rings. The lowest BCUT2D eigenvalue weighted by Gasteiger charge is -2.09. The largest absolute Gasteiger partial charge is 0.275 e. The van der Waals surface area contributed by atoms with Crippen molar-refractivity contribution in [1.29, 1.82) is 0 Å². The van der Waals surface area contributed by atoms with E-state index in [2.05, 4.69) is 17.2 Å². The molecule has 0 spiro atoms. The first kappa shape index (κ1) is 12.8. The lowest BCUT2D eigenvalue weighted by molar-refractivity contribution is 0.744. The third-order valence-corrected chi connectivity index (χ3v) is 3.58. The van der Waals surface area contributed by atoms with Crippen LogP contribution in [0.1, 0.15) is 0 Å². The summed E-state index contributed by atoms with van der Waals surface area (Å²) >= 11 is 5.64. The second-order valence-corrected chi connectivity index (χ2v) is 5.03. The van der Waals surface area contributed by atoms with Crippen LogP contribution in [0.15, 0.2) is 66.9 Å². The van der Waals surface area contributed by atoms with E-state index in [0.717, 1.165) is 26.9 Å². The fraction of sp³-hybridized carbons (Fsp3) is 0.0588. The molecule has 2 nitrogen and oxygen atoms in total. The van der Waals surface area contributed by atoms with Crippen molar-refractivity contribution in [3.63, 3.8) is 0 Å². The summed E-state index contributed by atoms with van der Waals surface area (Å²) in [5.74, 6) is 0. The minimum atomic E-state index is 0.792. The average molecular weight is 278 g/mol. The first-order chi connectivity index (χ1) is 9.75. The molecule has 3 rings (SSSR count). The van der Waals surface area contributed by atoms with E-state index in [4.69, 9.17) is 12.2 Å². The first-order valence-electron chi connectivity index (χ1n) is 6.44. The summed E-state index contributed by atoms with van der Waals surface area (Å²) in [7, 11) is 1.92. The van der Waals surface area contributed by atoms with Gasteiger partial charge in [-0.15, -0.1) is 0 Å². The molecule has 20 heavy (non-hydrogen) atoms. The zero-order chi connectivity index (χ0) is 13.9. The van der Waals surface area contributed by atoms with E-state index >= 15 is 0 Å². The smallest absolute Gasteiger partial charge is 0.109 e. The summed E-state index contributed by atoms with van der Waals surface area (Å²) in [6.07, 6.45) is 1.98. The predicted molar refractivity (Wildman–Crippen MR) is 84.9 cm³/mol. The van der Waals surface area contributed by atoms with E-state index < -0.39 is 0 Å². The Kier molecular flexibility index (Phi) is 3.44. The number of aromatic nitrogens is 2. The molecule has 2 aromatic carbocycles. The minimum Gasteiger partial charge on any atom is -0.275 e. The lowest BCUT2D eigenvalue weighted by atomic mass is 10.0. The van der Waals surface area contributed by atoms with E-state index in [-0.39, 0.29) is 0 Å². The van der Waals surface area contributed by atoms with Crippen LogP contribution in [-0.4, -0.2) is 9.78 Å². The van der Waals surface area contributed by atoms with Crippen molar-refractivity contribution in [3.8, 4) is 22.4 Å². The van der Waals surface area contributed by atoms with E-state index in [1.165, 1.54) is 0 Å². The van der Waals surface area contributed by atoms with Gasteiger partial charge in [0.15, 0.2) is 0 Å². The van der Waals surface area contributed by atoms with Gasteiger partial charge in [0, 0.05) is 24.4 Å². The van der Waals surface area contributed by atoms with Crippen molar-refractivity contribution in [2.75, 3.05) is 0 Å². The van der Waals surface area contributed by atoms with Crippen LogP contribution in [0.25, 0.3) is 22.4 Å². The van der Waals surface area contributed by atoms with Crippen LogP contribution in [-0.2, 0) is 7.05 Å². The quantitative estimate of drug-likeness (QED) is 0.643. The molecule has 0 aliphatic carbocycles. The van der Waals surface area contributed by atoms with Crippen molar-refractivity contribution in [2.45, 2.75) is 0 Å². The van der Waals surface area contributed by atoms with Gasteiger partial charge in [-0.3, -0.25) is 4.68 Å². The number of rotatable bonds is 2. The normalized spacial score (nSPS) is 10.4. The van der Waals surface area contributed by atoms with Crippen LogP contribution < -0.4 is 0 Å². The molecule has 3 aromatic rings. The van der Waals surface area contributed by atoms with E-state index in [9.17, 15) is 0 Å². The Morgan fingerprint density at radius 3 is 2.00 bits per heavy atom. The fourth-order valence-corrected chi connectivity index (χ4v) is 2.54. The third-order valence-electron chi connectivity index (χ3n) is 3.17. The standard InChI is InChI=1S/C17H14N2S/c1-19-12-15(13-8-4-2-5-9-13)17(20)16(18-19)14-10-6-3-7-11-14/h2-12H,1H3. The number of benzene rings is 2. The maximum Gasteiger partial charge on any atom is 0.109 e. The van der Waals surface area contributed by atoms with Crippen molar-refractivity contribution >= 4 is 12.2 Å². The van der Waals surface area contributed by atoms with Gasteiger partial charge in [-0.2, -0.15) is 5.10 Å². The predicted octanol–water partition coefficient (Wildman–Crippen LogP) is 4.48. The Balaban J connectivity index is 2.25. The number of hydrogen-bond acceptors (Lipinski definition) is 2. The van der Waals surface area contributed by atoms with Crippen molar-refractivity contribution in [3.05, 3.63) is 71.4 Å². The van der Waals surface area contributed by atoms with Crippen LogP contribution in [0.5, 0.6) is 0 Å². The highest BCUT2D eigenvalue weighted by Gasteiger charge is 2.08. The van der Waals surface area contributed by atoms with Crippen LogP contribution in [0.4, 0.5) is 0 Å². The Labute approximate surface area is 123 Å². The molecule has 0 radical (unpaired) electrons. The van der Waals surface area contributed by atoms with Crippen LogP contribution in [0.2, 0.25) is 0 Å². The van der Waals surface area contributed by atoms with Gasteiger partial charge in [-0.25, -0.2) is 0 Å². The second kappa shape index (κ2) is 5.39. The van der Waals surface area contributed by atoms with Gasteiger partial charge in [0.2, 0.25) is 0 Å². The first-order valence-corrected chi connectivity index (χ1v) is 6.85. The van der Waals surface area contributed by atoms with Gasteiger partial charge < -0.3 is 0 Å². The summed E-state index contributed by atoms with van der Waals surface area (Å²) in [5.41, 5.74) is 4.06. The molecule has 98 valence electrons. The Morgan fingerprint density at radius 1 is 0.850 bits per heavy atom. The molecule has 0 fully saturated rings. The highest BCUT2D eigenvalue weighted by molar-refractivity contribution is 7.71. The molecule has 0 bridgehead atoms. The molecule has 3 heteroatoms. The van der Waals surface area contributed by atoms with Crippen LogP contribution >= 0.6 is 12.2 Å². The highest BCUT2D eigenvalue weighted by atomic mass is 32.1. The monoisotopic (exact) mass is 278 g/mol. The van der Waals surface area contributed by atoms with E-state index in [0.29, 0.717) is 0 Å². The second-order valence-electron chi connectivity index (χ2n) is 4.63. The van der Waals surface area contributed by atoms with Crippen LogP contribution in [0.3, 0.4) is 0 Å². The van der Waals surface area contributed by atoms with Gasteiger partial charge in [0.05, 0.1) is 4.51 Å². The molecule has 1 aromatic heterocycles. The minimum absolute atomic E-state index is 0.792. The number of aryl methyl sites for hydroxylation is 1. The Hall–Kier alpha value is -2.26. The SMILES string of the molecule is Cn1cc(-c2ccccc2)c(=S)c(-c2ccccc2)n1. The molecular weight excluding hydrogens is 264 g/mol. The molecule has 0 unspecified atom stereocenters. The van der Waals surface area contributed by atoms with E-state index in [1.807, 2.05) is 66.5 Å². The molecule has 0 saturated carbocycles. The fourth-order valence-electron chi connectivity index (χ4n) is 2.21. The molecule has 0 atom stereocenters. The summed E-state index contributed by atoms with van der Waals surface area (Å²) < 4.78 is 2.61. The van der Waals surface area contributed by atoms with Crippen molar-refractivity contribution < 1.29 is 0 Å². The maximum absolute atomic E-state index is 5.64. The Morgan fingerprint density at radius 2 is 1.40 bits per heavy atom. The molecule has 0 N–H and O–H groups in total. The summed E-state index contributed by atoms with van der Waals surface area (Å²) in [5, 5.41) is 4.54. The highest BCUT2D eigenvalue weighted by Crippen LogP contribution is 2.26. The van der Waals surface area contributed by atoms with Gasteiger partial charge in [0.1, 0.15) is 5.69 Å². The number of nitrogens with zero attached hydrogens (tertiary/aromatic N) is 2. The molecular formula is C17H14N2S. The van der Waals surface area contributed by atoms with Gasteiger partial charge in [-0.05, 0) is 5.56 Å². The van der Waals surface area contributed by atoms with Crippen LogP contribution in [0, 0.1) is 4.51 Å². The van der Waals surface area contributed by atoms with E-state index in [1.54, 1.807) is 0 Å². The average Bonchev–Trinajstić information content (AvgIpc) is 2.51. The molecule has 1 heterocycles. The zero-order valence-corrected chi connectivity index (χ0v) is 12.0. The zero-order valence-electron chi connectivity index (χ0n) is 11.2. The number of hydrogen-bond donors (Lipinski definition) is 0. The maximum atomic E-state index is 5.64. The van der Waals surface area contributed by atoms with Gasteiger partial charge >= 0.3 is 0 Å². The van der Waals surface area contributed by atoms with Gasteiger partial charge in [-0.1, -0.05) is 72.9 Å². The summed E-state index contributed by atoms with van der Waals surface area (Å²) in [6, 6.07) is 20.3. The summed E-state index contributed by atoms with van der Waals surface area (Å²) in [6.45, 7) is 0. The topological polar surface area (TPSA) is 17.8 Å². The molecule has 0 aliphatic heterocycles. The Bertz CT molecular complexity index is 713. The molecule has 0 amide bonds. The van der Waals surface area contributed by atoms with Gasteiger partial charge in [0.25, 0.3) is 0 Å². The molecule has 0 saturated heterocycles. The van der Waals surface area contributed by atoms with Crippen molar-refractivity contribution in [1.82, 2.24) is 9.78 Å². The third kappa shape index (κ3) is 2.40. The lowest BCUT2D eigenvalue weighted by Crippen LogP contribution is -2.01.